The average molecular weight is 390 g/mol. The second-order valence-corrected chi connectivity index (χ2v) is 6.90. The third-order valence-electron chi connectivity index (χ3n) is 4.24. The number of anilines is 1. The van der Waals surface area contributed by atoms with Crippen molar-refractivity contribution in [2.45, 2.75) is 6.42 Å². The van der Waals surface area contributed by atoms with Crippen molar-refractivity contribution in [1.29, 1.82) is 0 Å². The first-order valence-corrected chi connectivity index (χ1v) is 9.63. The van der Waals surface area contributed by atoms with Crippen LogP contribution in [0, 0.1) is 0 Å². The molecule has 0 unspecified atom stereocenters. The van der Waals surface area contributed by atoms with Crippen LogP contribution in [0.1, 0.15) is 16.8 Å². The van der Waals surface area contributed by atoms with E-state index >= 15 is 0 Å². The molecule has 0 spiro atoms. The Morgan fingerprint density at radius 3 is 2.28 bits per heavy atom. The Hall–Kier alpha value is -3.31. The summed E-state index contributed by atoms with van der Waals surface area (Å²) in [7, 11) is 4.08. The summed E-state index contributed by atoms with van der Waals surface area (Å²) in [5.74, 6) is 1.86. The summed E-state index contributed by atoms with van der Waals surface area (Å²) >= 11 is 0. The number of carbonyl (C=O) groups excluding carboxylic acids is 1. The van der Waals surface area contributed by atoms with Gasteiger partial charge in [0.15, 0.2) is 5.75 Å². The van der Waals surface area contributed by atoms with E-state index in [2.05, 4.69) is 10.2 Å². The van der Waals surface area contributed by atoms with E-state index in [1.165, 1.54) is 0 Å². The quantitative estimate of drug-likeness (QED) is 0.519. The van der Waals surface area contributed by atoms with Crippen molar-refractivity contribution in [3.05, 3.63) is 84.4 Å². The van der Waals surface area contributed by atoms with Crippen molar-refractivity contribution in [2.75, 3.05) is 32.6 Å². The third-order valence-corrected chi connectivity index (χ3v) is 4.24. The van der Waals surface area contributed by atoms with Crippen molar-refractivity contribution in [3.8, 4) is 17.2 Å². The van der Waals surface area contributed by atoms with Crippen molar-refractivity contribution >= 4 is 11.6 Å². The van der Waals surface area contributed by atoms with Crippen LogP contribution in [0.25, 0.3) is 0 Å². The molecule has 0 saturated carbocycles. The van der Waals surface area contributed by atoms with Crippen LogP contribution in [0.15, 0.2) is 78.9 Å². The molecule has 0 saturated heterocycles. The maximum Gasteiger partial charge on any atom is 0.255 e. The van der Waals surface area contributed by atoms with Crippen LogP contribution in [-0.2, 0) is 0 Å². The number of nitrogens with one attached hydrogen (secondary N) is 1. The Morgan fingerprint density at radius 2 is 1.55 bits per heavy atom. The predicted octanol–water partition coefficient (Wildman–Crippen LogP) is 5.06. The minimum Gasteiger partial charge on any atom is -0.494 e. The number of benzene rings is 3. The maximum absolute atomic E-state index is 12.7. The number of carbonyl (C=O) groups is 1. The van der Waals surface area contributed by atoms with Gasteiger partial charge in [-0.2, -0.15) is 0 Å². The summed E-state index contributed by atoms with van der Waals surface area (Å²) < 4.78 is 11.6. The average Bonchev–Trinajstić information content (AvgIpc) is 2.74. The number of para-hydroxylation sites is 3. The minimum atomic E-state index is -0.201. The van der Waals surface area contributed by atoms with Gasteiger partial charge in [0.2, 0.25) is 0 Å². The molecule has 3 aromatic carbocycles. The summed E-state index contributed by atoms with van der Waals surface area (Å²) in [4.78, 5) is 14.8. The molecule has 29 heavy (non-hydrogen) atoms. The van der Waals surface area contributed by atoms with Crippen LogP contribution < -0.4 is 14.8 Å². The van der Waals surface area contributed by atoms with E-state index in [0.29, 0.717) is 29.4 Å². The number of hydrogen-bond donors (Lipinski definition) is 1. The van der Waals surface area contributed by atoms with Crippen molar-refractivity contribution in [1.82, 2.24) is 4.90 Å². The molecule has 1 N–H and O–H groups in total. The molecule has 0 aromatic heterocycles. The highest BCUT2D eigenvalue weighted by Gasteiger charge is 2.10. The highest BCUT2D eigenvalue weighted by atomic mass is 16.5. The van der Waals surface area contributed by atoms with E-state index in [1.54, 1.807) is 12.1 Å². The predicted molar refractivity (Wildman–Crippen MR) is 116 cm³/mol. The van der Waals surface area contributed by atoms with Gasteiger partial charge in [-0.1, -0.05) is 30.3 Å². The number of hydrogen-bond acceptors (Lipinski definition) is 4. The van der Waals surface area contributed by atoms with Gasteiger partial charge in [0.1, 0.15) is 11.5 Å². The van der Waals surface area contributed by atoms with Crippen LogP contribution in [0.3, 0.4) is 0 Å². The molecule has 150 valence electrons. The Balaban J connectivity index is 1.60. The molecule has 3 aromatic rings. The molecule has 0 radical (unpaired) electrons. The molecule has 5 nitrogen and oxygen atoms in total. The first-order valence-electron chi connectivity index (χ1n) is 9.63. The molecular weight excluding hydrogens is 364 g/mol. The molecule has 1 amide bonds. The van der Waals surface area contributed by atoms with E-state index in [-0.39, 0.29) is 5.91 Å². The van der Waals surface area contributed by atoms with Crippen LogP contribution >= 0.6 is 0 Å². The van der Waals surface area contributed by atoms with Crippen LogP contribution in [-0.4, -0.2) is 38.1 Å². The SMILES string of the molecule is CN(C)CCCOc1ccc(C(=O)Nc2ccccc2Oc2ccccc2)cc1. The monoisotopic (exact) mass is 390 g/mol. The zero-order valence-electron chi connectivity index (χ0n) is 16.8. The lowest BCUT2D eigenvalue weighted by Crippen LogP contribution is -2.15. The Bertz CT molecular complexity index is 909. The first-order chi connectivity index (χ1) is 14.1. The fraction of sp³-hybridized carbons (Fsp3) is 0.208. The molecular formula is C24H26N2O3. The first kappa shape index (κ1) is 20.4. The highest BCUT2D eigenvalue weighted by Crippen LogP contribution is 2.29. The lowest BCUT2D eigenvalue weighted by molar-refractivity contribution is 0.102. The van der Waals surface area contributed by atoms with E-state index in [1.807, 2.05) is 80.8 Å². The van der Waals surface area contributed by atoms with Crippen LogP contribution in [0.4, 0.5) is 5.69 Å². The Morgan fingerprint density at radius 1 is 0.862 bits per heavy atom. The van der Waals surface area contributed by atoms with Gasteiger partial charge in [0.25, 0.3) is 5.91 Å². The van der Waals surface area contributed by atoms with Gasteiger partial charge >= 0.3 is 0 Å². The van der Waals surface area contributed by atoms with E-state index in [9.17, 15) is 4.79 Å². The number of nitrogens with zero attached hydrogens (tertiary/aromatic N) is 1. The number of rotatable bonds is 9. The fourth-order valence-corrected chi connectivity index (χ4v) is 2.74. The molecule has 0 aliphatic carbocycles. The molecule has 3 rings (SSSR count). The molecule has 0 aliphatic rings. The summed E-state index contributed by atoms with van der Waals surface area (Å²) in [5, 5.41) is 2.92. The highest BCUT2D eigenvalue weighted by molar-refractivity contribution is 6.05. The largest absolute Gasteiger partial charge is 0.494 e. The standard InChI is InChI=1S/C24H26N2O3/c1-26(2)17-8-18-28-20-15-13-19(14-16-20)24(27)25-22-11-6-7-12-23(22)29-21-9-4-3-5-10-21/h3-7,9-16H,8,17-18H2,1-2H3,(H,25,27). The van der Waals surface area contributed by atoms with Crippen molar-refractivity contribution < 1.29 is 14.3 Å². The van der Waals surface area contributed by atoms with Gasteiger partial charge in [0.05, 0.1) is 12.3 Å². The second-order valence-electron chi connectivity index (χ2n) is 6.90. The summed E-state index contributed by atoms with van der Waals surface area (Å²) in [6, 6.07) is 24.0. The molecule has 0 aliphatic heterocycles. The van der Waals surface area contributed by atoms with Crippen LogP contribution in [0.5, 0.6) is 17.2 Å². The number of ether oxygens (including phenoxy) is 2. The van der Waals surface area contributed by atoms with Crippen LogP contribution in [0.2, 0.25) is 0 Å². The minimum absolute atomic E-state index is 0.201. The van der Waals surface area contributed by atoms with Gasteiger partial charge in [0, 0.05) is 12.1 Å². The van der Waals surface area contributed by atoms with E-state index in [0.717, 1.165) is 18.7 Å². The lowest BCUT2D eigenvalue weighted by atomic mass is 10.2. The zero-order valence-corrected chi connectivity index (χ0v) is 16.8. The summed E-state index contributed by atoms with van der Waals surface area (Å²) in [5.41, 5.74) is 1.17. The van der Waals surface area contributed by atoms with E-state index < -0.39 is 0 Å². The normalized spacial score (nSPS) is 10.6. The van der Waals surface area contributed by atoms with Crippen molar-refractivity contribution in [3.63, 3.8) is 0 Å². The van der Waals surface area contributed by atoms with Gasteiger partial charge in [-0.15, -0.1) is 0 Å². The molecule has 0 atom stereocenters. The topological polar surface area (TPSA) is 50.8 Å². The van der Waals surface area contributed by atoms with Gasteiger partial charge < -0.3 is 19.7 Å². The number of amides is 1. The summed E-state index contributed by atoms with van der Waals surface area (Å²) in [6.45, 7) is 1.62. The zero-order chi connectivity index (χ0) is 20.5. The lowest BCUT2D eigenvalue weighted by Gasteiger charge is -2.13. The van der Waals surface area contributed by atoms with Crippen molar-refractivity contribution in [2.24, 2.45) is 0 Å². The maximum atomic E-state index is 12.7. The van der Waals surface area contributed by atoms with Gasteiger partial charge in [-0.3, -0.25) is 4.79 Å². The fourth-order valence-electron chi connectivity index (χ4n) is 2.74. The molecule has 5 heteroatoms. The molecule has 0 heterocycles. The Kier molecular flexibility index (Phi) is 7.25. The van der Waals surface area contributed by atoms with E-state index in [4.69, 9.17) is 9.47 Å². The molecule has 0 bridgehead atoms. The van der Waals surface area contributed by atoms with Gasteiger partial charge in [-0.25, -0.2) is 0 Å². The van der Waals surface area contributed by atoms with Gasteiger partial charge in [-0.05, 0) is 69.0 Å². The Labute approximate surface area is 171 Å². The molecule has 0 fully saturated rings. The third kappa shape index (κ3) is 6.36. The smallest absolute Gasteiger partial charge is 0.255 e. The summed E-state index contributed by atoms with van der Waals surface area (Å²) in [6.07, 6.45) is 0.952. The second kappa shape index (κ2) is 10.3.